The van der Waals surface area contributed by atoms with Crippen LogP contribution in [0.5, 0.6) is 5.75 Å². The molecule has 0 aliphatic carbocycles. The molecule has 1 N–H and O–H groups in total. The molecule has 0 spiro atoms. The lowest BCUT2D eigenvalue weighted by atomic mass is 9.93. The smallest absolute Gasteiger partial charge is 0.295 e. The SMILES string of the molecule is C=CCOc1ccc(C(O)=C2C(=O)C(=O)N(Cc3cccnc3)C2c2ccc(F)cc2)c(C)c1. The van der Waals surface area contributed by atoms with Crippen molar-refractivity contribution in [1.82, 2.24) is 9.88 Å². The number of rotatable bonds is 7. The lowest BCUT2D eigenvalue weighted by molar-refractivity contribution is -0.140. The number of Topliss-reactive ketones (excluding diaryl/α,β-unsaturated/α-hetero) is 1. The fourth-order valence-corrected chi connectivity index (χ4v) is 4.01. The average Bonchev–Trinajstić information content (AvgIpc) is 3.08. The van der Waals surface area contributed by atoms with E-state index in [4.69, 9.17) is 4.74 Å². The first-order chi connectivity index (χ1) is 16.4. The molecule has 1 saturated heterocycles. The summed E-state index contributed by atoms with van der Waals surface area (Å²) in [5, 5.41) is 11.3. The quantitative estimate of drug-likeness (QED) is 0.240. The van der Waals surface area contributed by atoms with Crippen LogP contribution in [0.3, 0.4) is 0 Å². The highest BCUT2D eigenvalue weighted by Gasteiger charge is 2.46. The van der Waals surface area contributed by atoms with Crippen molar-refractivity contribution in [2.24, 2.45) is 0 Å². The van der Waals surface area contributed by atoms with E-state index in [1.54, 1.807) is 55.7 Å². The Morgan fingerprint density at radius 2 is 1.97 bits per heavy atom. The molecule has 7 heteroatoms. The van der Waals surface area contributed by atoms with Gasteiger partial charge in [0, 0.05) is 24.5 Å². The molecule has 0 radical (unpaired) electrons. The molecule has 1 atom stereocenters. The molecule has 1 aliphatic rings. The summed E-state index contributed by atoms with van der Waals surface area (Å²) in [6.45, 7) is 5.82. The topological polar surface area (TPSA) is 79.7 Å². The third-order valence-corrected chi connectivity index (χ3v) is 5.62. The molecule has 1 fully saturated rings. The van der Waals surface area contributed by atoms with Crippen LogP contribution in [-0.4, -0.2) is 33.3 Å². The Hall–Kier alpha value is -4.26. The fourth-order valence-electron chi connectivity index (χ4n) is 4.01. The number of hydrogen-bond donors (Lipinski definition) is 1. The Morgan fingerprint density at radius 3 is 2.62 bits per heavy atom. The van der Waals surface area contributed by atoms with Gasteiger partial charge < -0.3 is 14.7 Å². The van der Waals surface area contributed by atoms with Crippen molar-refractivity contribution in [3.63, 3.8) is 0 Å². The van der Waals surface area contributed by atoms with E-state index in [-0.39, 0.29) is 17.9 Å². The van der Waals surface area contributed by atoms with Crippen LogP contribution in [0.2, 0.25) is 0 Å². The standard InChI is InChI=1S/C27H23FN2O4/c1-3-13-34-21-10-11-22(17(2)14-21)25(31)23-24(19-6-8-20(28)9-7-19)30(27(33)26(23)32)16-18-5-4-12-29-15-18/h3-12,14-15,24,31H,1,13,16H2,2H3. The summed E-state index contributed by atoms with van der Waals surface area (Å²) in [4.78, 5) is 31.7. The number of likely N-dealkylation sites (tertiary alicyclic amines) is 1. The molecule has 0 bridgehead atoms. The summed E-state index contributed by atoms with van der Waals surface area (Å²) in [7, 11) is 0. The Bertz CT molecular complexity index is 1270. The number of carbonyl (C=O) groups is 2. The minimum atomic E-state index is -0.892. The van der Waals surface area contributed by atoms with Crippen molar-refractivity contribution in [2.75, 3.05) is 6.61 Å². The van der Waals surface area contributed by atoms with Gasteiger partial charge in [-0.3, -0.25) is 14.6 Å². The largest absolute Gasteiger partial charge is 0.507 e. The molecule has 0 saturated carbocycles. The number of ether oxygens (including phenoxy) is 1. The van der Waals surface area contributed by atoms with Crippen LogP contribution in [-0.2, 0) is 16.1 Å². The number of ketones is 1. The molecule has 3 aromatic rings. The second-order valence-electron chi connectivity index (χ2n) is 7.92. The summed E-state index contributed by atoms with van der Waals surface area (Å²) in [6, 6.07) is 13.2. The number of carbonyl (C=O) groups excluding carboxylic acids is 2. The van der Waals surface area contributed by atoms with Gasteiger partial charge in [-0.05, 0) is 60.0 Å². The summed E-state index contributed by atoms with van der Waals surface area (Å²) in [6.07, 6.45) is 4.84. The van der Waals surface area contributed by atoms with E-state index in [1.807, 2.05) is 0 Å². The molecular weight excluding hydrogens is 435 g/mol. The van der Waals surface area contributed by atoms with E-state index < -0.39 is 23.5 Å². The molecule has 1 amide bonds. The molecular formula is C27H23FN2O4. The molecule has 1 aliphatic heterocycles. The number of pyridine rings is 1. The van der Waals surface area contributed by atoms with Crippen LogP contribution in [0.4, 0.5) is 4.39 Å². The lowest BCUT2D eigenvalue weighted by Gasteiger charge is -2.25. The minimum absolute atomic E-state index is 0.0524. The molecule has 6 nitrogen and oxygen atoms in total. The van der Waals surface area contributed by atoms with Crippen molar-refractivity contribution in [3.8, 4) is 5.75 Å². The number of nitrogens with zero attached hydrogens (tertiary/aromatic N) is 2. The number of benzene rings is 2. The Morgan fingerprint density at radius 1 is 1.21 bits per heavy atom. The molecule has 2 heterocycles. The summed E-state index contributed by atoms with van der Waals surface area (Å²) < 4.78 is 19.2. The maximum atomic E-state index is 13.6. The summed E-state index contributed by atoms with van der Waals surface area (Å²) in [5.74, 6) is -1.71. The van der Waals surface area contributed by atoms with Crippen LogP contribution in [0.25, 0.3) is 5.76 Å². The van der Waals surface area contributed by atoms with Crippen LogP contribution in [0, 0.1) is 12.7 Å². The van der Waals surface area contributed by atoms with Crippen molar-refractivity contribution in [3.05, 3.63) is 113 Å². The highest BCUT2D eigenvalue weighted by molar-refractivity contribution is 6.46. The van der Waals surface area contributed by atoms with Gasteiger partial charge in [0.15, 0.2) is 0 Å². The van der Waals surface area contributed by atoms with Gasteiger partial charge in [-0.15, -0.1) is 0 Å². The van der Waals surface area contributed by atoms with Crippen LogP contribution < -0.4 is 4.74 Å². The summed E-state index contributed by atoms with van der Waals surface area (Å²) in [5.41, 5.74) is 2.24. The Balaban J connectivity index is 1.82. The lowest BCUT2D eigenvalue weighted by Crippen LogP contribution is -2.29. The van der Waals surface area contributed by atoms with E-state index in [9.17, 15) is 19.1 Å². The van der Waals surface area contributed by atoms with E-state index in [0.717, 1.165) is 5.56 Å². The summed E-state index contributed by atoms with van der Waals surface area (Å²) >= 11 is 0. The zero-order valence-corrected chi connectivity index (χ0v) is 18.6. The highest BCUT2D eigenvalue weighted by atomic mass is 19.1. The first-order valence-electron chi connectivity index (χ1n) is 10.7. The molecule has 34 heavy (non-hydrogen) atoms. The molecule has 2 aromatic carbocycles. The van der Waals surface area contributed by atoms with Crippen molar-refractivity contribution in [1.29, 1.82) is 0 Å². The first kappa shape index (κ1) is 22.9. The number of aliphatic hydroxyl groups is 1. The van der Waals surface area contributed by atoms with E-state index in [2.05, 4.69) is 11.6 Å². The monoisotopic (exact) mass is 458 g/mol. The number of aromatic nitrogens is 1. The number of halogens is 1. The average molecular weight is 458 g/mol. The van der Waals surface area contributed by atoms with Gasteiger partial charge in [0.05, 0.1) is 11.6 Å². The van der Waals surface area contributed by atoms with E-state index >= 15 is 0 Å². The Labute approximate surface area is 196 Å². The Kier molecular flexibility index (Phi) is 6.54. The van der Waals surface area contributed by atoms with Gasteiger partial charge in [-0.2, -0.15) is 0 Å². The fraction of sp³-hybridized carbons (Fsp3) is 0.148. The van der Waals surface area contributed by atoms with E-state index in [1.165, 1.54) is 29.2 Å². The zero-order valence-electron chi connectivity index (χ0n) is 18.6. The zero-order chi connectivity index (χ0) is 24.2. The van der Waals surface area contributed by atoms with Gasteiger partial charge in [0.2, 0.25) is 0 Å². The molecule has 172 valence electrons. The van der Waals surface area contributed by atoms with Gasteiger partial charge in [-0.25, -0.2) is 4.39 Å². The van der Waals surface area contributed by atoms with Gasteiger partial charge in [0.1, 0.15) is 23.9 Å². The van der Waals surface area contributed by atoms with Crippen molar-refractivity contribution < 1.29 is 23.8 Å². The number of aryl methyl sites for hydroxylation is 1. The molecule has 4 rings (SSSR count). The van der Waals surface area contributed by atoms with Gasteiger partial charge in [0.25, 0.3) is 11.7 Å². The minimum Gasteiger partial charge on any atom is -0.507 e. The second kappa shape index (κ2) is 9.70. The molecule has 1 unspecified atom stereocenters. The van der Waals surface area contributed by atoms with Crippen LogP contribution in [0.1, 0.15) is 28.3 Å². The third-order valence-electron chi connectivity index (χ3n) is 5.62. The number of aliphatic hydroxyl groups excluding tert-OH is 1. The predicted octanol–water partition coefficient (Wildman–Crippen LogP) is 4.72. The van der Waals surface area contributed by atoms with Crippen molar-refractivity contribution in [2.45, 2.75) is 19.5 Å². The second-order valence-corrected chi connectivity index (χ2v) is 7.92. The number of amides is 1. The van der Waals surface area contributed by atoms with E-state index in [0.29, 0.717) is 29.0 Å². The van der Waals surface area contributed by atoms with Gasteiger partial charge >= 0.3 is 0 Å². The molecule has 1 aromatic heterocycles. The number of hydrogen-bond acceptors (Lipinski definition) is 5. The third kappa shape index (κ3) is 4.45. The highest BCUT2D eigenvalue weighted by Crippen LogP contribution is 2.41. The normalized spacial score (nSPS) is 17.1. The van der Waals surface area contributed by atoms with Crippen LogP contribution >= 0.6 is 0 Å². The van der Waals surface area contributed by atoms with Crippen LogP contribution in [0.15, 0.2) is 85.2 Å². The first-order valence-corrected chi connectivity index (χ1v) is 10.7. The predicted molar refractivity (Wildman–Crippen MR) is 125 cm³/mol. The maximum absolute atomic E-state index is 13.6. The van der Waals surface area contributed by atoms with Gasteiger partial charge in [-0.1, -0.05) is 30.9 Å². The van der Waals surface area contributed by atoms with Crippen molar-refractivity contribution >= 4 is 17.4 Å². The maximum Gasteiger partial charge on any atom is 0.295 e.